The van der Waals surface area contributed by atoms with Gasteiger partial charge in [0.05, 0.1) is 25.0 Å². The Labute approximate surface area is 193 Å². The van der Waals surface area contributed by atoms with Crippen LogP contribution in [0.5, 0.6) is 11.5 Å². The highest BCUT2D eigenvalue weighted by Crippen LogP contribution is 2.35. The second-order valence-electron chi connectivity index (χ2n) is 7.78. The van der Waals surface area contributed by atoms with E-state index in [0.29, 0.717) is 40.6 Å². The zero-order chi connectivity index (χ0) is 23.5. The lowest BCUT2D eigenvalue weighted by molar-refractivity contribution is -0.120. The van der Waals surface area contributed by atoms with Crippen molar-refractivity contribution in [3.63, 3.8) is 0 Å². The van der Waals surface area contributed by atoms with E-state index in [1.807, 2.05) is 57.2 Å². The molecule has 0 saturated heterocycles. The molecule has 1 aliphatic rings. The Bertz CT molecular complexity index is 1260. The van der Waals surface area contributed by atoms with Gasteiger partial charge in [0.15, 0.2) is 0 Å². The van der Waals surface area contributed by atoms with Crippen molar-refractivity contribution >= 4 is 28.8 Å². The lowest BCUT2D eigenvalue weighted by Crippen LogP contribution is -2.32. The molecule has 6 nitrogen and oxygen atoms in total. The lowest BCUT2D eigenvalue weighted by atomic mass is 9.99. The number of aryl methyl sites for hydroxylation is 2. The van der Waals surface area contributed by atoms with Gasteiger partial charge in [0, 0.05) is 17.8 Å². The minimum atomic E-state index is -0.428. The van der Waals surface area contributed by atoms with Gasteiger partial charge in [0.25, 0.3) is 11.8 Å². The Morgan fingerprint density at radius 1 is 0.848 bits per heavy atom. The number of rotatable bonds is 7. The first-order valence-electron chi connectivity index (χ1n) is 10.8. The molecule has 3 aromatic rings. The quantitative estimate of drug-likeness (QED) is 0.515. The molecule has 0 bridgehead atoms. The third-order valence-corrected chi connectivity index (χ3v) is 5.61. The normalized spacial score (nSPS) is 13.5. The van der Waals surface area contributed by atoms with Crippen LogP contribution in [0.4, 0.5) is 11.4 Å². The summed E-state index contributed by atoms with van der Waals surface area (Å²) in [6, 6.07) is 20.0. The van der Waals surface area contributed by atoms with Gasteiger partial charge in [-0.15, -0.1) is 0 Å². The molecule has 168 valence electrons. The van der Waals surface area contributed by atoms with E-state index < -0.39 is 5.91 Å². The number of hydrogen-bond donors (Lipinski definition) is 1. The summed E-state index contributed by atoms with van der Waals surface area (Å²) < 4.78 is 10.9. The van der Waals surface area contributed by atoms with Crippen LogP contribution in [0.3, 0.4) is 0 Å². The Balaban J connectivity index is 1.82. The summed E-state index contributed by atoms with van der Waals surface area (Å²) in [6.45, 7) is 6.43. The predicted molar refractivity (Wildman–Crippen MR) is 130 cm³/mol. The zero-order valence-electron chi connectivity index (χ0n) is 19.1. The van der Waals surface area contributed by atoms with Crippen LogP contribution in [0, 0.1) is 13.8 Å². The van der Waals surface area contributed by atoms with Crippen molar-refractivity contribution in [1.29, 1.82) is 0 Å². The molecule has 0 atom stereocenters. The van der Waals surface area contributed by atoms with E-state index in [4.69, 9.17) is 9.47 Å². The molecule has 0 fully saturated rings. The molecule has 1 aliphatic heterocycles. The van der Waals surface area contributed by atoms with Crippen molar-refractivity contribution < 1.29 is 19.1 Å². The first-order chi connectivity index (χ1) is 15.9. The number of ether oxygens (including phenoxy) is 2. The highest BCUT2D eigenvalue weighted by Gasteiger charge is 2.40. The Kier molecular flexibility index (Phi) is 6.18. The van der Waals surface area contributed by atoms with E-state index >= 15 is 0 Å². The van der Waals surface area contributed by atoms with Crippen LogP contribution < -0.4 is 19.7 Å². The van der Waals surface area contributed by atoms with E-state index in [-0.39, 0.29) is 11.6 Å². The molecule has 33 heavy (non-hydrogen) atoms. The third kappa shape index (κ3) is 4.32. The van der Waals surface area contributed by atoms with Gasteiger partial charge >= 0.3 is 0 Å². The topological polar surface area (TPSA) is 67.9 Å². The number of carbonyl (C=O) groups excluding carboxylic acids is 2. The van der Waals surface area contributed by atoms with E-state index in [1.54, 1.807) is 37.4 Å². The molecule has 3 aromatic carbocycles. The smallest absolute Gasteiger partial charge is 0.282 e. The number of imide groups is 1. The predicted octanol–water partition coefficient (Wildman–Crippen LogP) is 5.11. The minimum Gasteiger partial charge on any atom is -0.497 e. The van der Waals surface area contributed by atoms with Crippen LogP contribution >= 0.6 is 0 Å². The van der Waals surface area contributed by atoms with Gasteiger partial charge in [-0.2, -0.15) is 0 Å². The highest BCUT2D eigenvalue weighted by atomic mass is 16.5. The fourth-order valence-electron chi connectivity index (χ4n) is 3.77. The molecule has 2 amide bonds. The fourth-order valence-corrected chi connectivity index (χ4v) is 3.77. The molecule has 4 rings (SSSR count). The highest BCUT2D eigenvalue weighted by molar-refractivity contribution is 6.46. The SMILES string of the molecule is CCOc1cccc(NC2=C(c3ccc(C)c(C)c3)C(=O)N(c3cccc(OC)c3)C2=O)c1. The van der Waals surface area contributed by atoms with Crippen LogP contribution in [0.1, 0.15) is 23.6 Å². The molecule has 0 unspecified atom stereocenters. The first kappa shape index (κ1) is 22.1. The molecule has 1 N–H and O–H groups in total. The number of carbonyl (C=O) groups is 2. The second kappa shape index (κ2) is 9.20. The second-order valence-corrected chi connectivity index (χ2v) is 7.78. The molecule has 0 radical (unpaired) electrons. The summed E-state index contributed by atoms with van der Waals surface area (Å²) >= 11 is 0. The third-order valence-electron chi connectivity index (χ3n) is 5.61. The van der Waals surface area contributed by atoms with Crippen LogP contribution in [0.15, 0.2) is 72.4 Å². The summed E-state index contributed by atoms with van der Waals surface area (Å²) in [6.07, 6.45) is 0. The average Bonchev–Trinajstić information content (AvgIpc) is 3.05. The minimum absolute atomic E-state index is 0.222. The number of nitrogens with one attached hydrogen (secondary N) is 1. The van der Waals surface area contributed by atoms with Gasteiger partial charge in [-0.05, 0) is 61.7 Å². The van der Waals surface area contributed by atoms with E-state index in [0.717, 1.165) is 11.1 Å². The lowest BCUT2D eigenvalue weighted by Gasteiger charge is -2.16. The summed E-state index contributed by atoms with van der Waals surface area (Å²) in [7, 11) is 1.55. The van der Waals surface area contributed by atoms with Crippen molar-refractivity contribution in [1.82, 2.24) is 0 Å². The van der Waals surface area contributed by atoms with Crippen molar-refractivity contribution in [3.8, 4) is 11.5 Å². The molecule has 0 spiro atoms. The summed E-state index contributed by atoms with van der Waals surface area (Å²) in [4.78, 5) is 28.4. The summed E-state index contributed by atoms with van der Waals surface area (Å²) in [5.41, 5.74) is 4.49. The molecular formula is C27H26N2O4. The monoisotopic (exact) mass is 442 g/mol. The van der Waals surface area contributed by atoms with E-state index in [1.165, 1.54) is 4.90 Å². The van der Waals surface area contributed by atoms with Gasteiger partial charge in [0.2, 0.25) is 0 Å². The molecule has 0 saturated carbocycles. The first-order valence-corrected chi connectivity index (χ1v) is 10.8. The van der Waals surface area contributed by atoms with Crippen LogP contribution in [0.25, 0.3) is 5.57 Å². The van der Waals surface area contributed by atoms with E-state index in [2.05, 4.69) is 5.32 Å². The maximum Gasteiger partial charge on any atom is 0.282 e. The Morgan fingerprint density at radius 2 is 1.61 bits per heavy atom. The number of nitrogens with zero attached hydrogens (tertiary/aromatic N) is 1. The number of anilines is 2. The largest absolute Gasteiger partial charge is 0.497 e. The molecular weight excluding hydrogens is 416 g/mol. The number of hydrogen-bond acceptors (Lipinski definition) is 5. The Morgan fingerprint density at radius 3 is 2.33 bits per heavy atom. The van der Waals surface area contributed by atoms with Gasteiger partial charge in [-0.25, -0.2) is 4.90 Å². The van der Waals surface area contributed by atoms with Crippen molar-refractivity contribution in [2.75, 3.05) is 23.9 Å². The van der Waals surface area contributed by atoms with Gasteiger partial charge in [0.1, 0.15) is 17.2 Å². The van der Waals surface area contributed by atoms with Crippen molar-refractivity contribution in [2.24, 2.45) is 0 Å². The van der Waals surface area contributed by atoms with Crippen molar-refractivity contribution in [2.45, 2.75) is 20.8 Å². The van der Waals surface area contributed by atoms with Crippen LogP contribution in [-0.4, -0.2) is 25.5 Å². The molecule has 6 heteroatoms. The van der Waals surface area contributed by atoms with Crippen LogP contribution in [0.2, 0.25) is 0 Å². The molecule has 0 aliphatic carbocycles. The summed E-state index contributed by atoms with van der Waals surface area (Å²) in [5.74, 6) is 0.423. The number of benzene rings is 3. The van der Waals surface area contributed by atoms with Gasteiger partial charge in [-0.3, -0.25) is 9.59 Å². The fraction of sp³-hybridized carbons (Fsp3) is 0.185. The average molecular weight is 443 g/mol. The number of amides is 2. The number of methoxy groups -OCH3 is 1. The Hall–Kier alpha value is -4.06. The van der Waals surface area contributed by atoms with Gasteiger partial charge < -0.3 is 14.8 Å². The standard InChI is InChI=1S/C27H26N2O4/c1-5-33-23-11-6-8-20(15-23)28-25-24(19-13-12-17(2)18(3)14-19)26(30)29(27(25)31)21-9-7-10-22(16-21)32-4/h6-16,28H,5H2,1-4H3. The molecule has 1 heterocycles. The van der Waals surface area contributed by atoms with E-state index in [9.17, 15) is 9.59 Å². The summed E-state index contributed by atoms with van der Waals surface area (Å²) in [5, 5.41) is 3.19. The van der Waals surface area contributed by atoms with Gasteiger partial charge in [-0.1, -0.05) is 30.3 Å². The maximum atomic E-state index is 13.6. The van der Waals surface area contributed by atoms with Crippen LogP contribution in [-0.2, 0) is 9.59 Å². The zero-order valence-corrected chi connectivity index (χ0v) is 19.1. The molecule has 0 aromatic heterocycles. The van der Waals surface area contributed by atoms with Crippen molar-refractivity contribution in [3.05, 3.63) is 89.1 Å². The maximum absolute atomic E-state index is 13.6.